The smallest absolute Gasteiger partial charge is 0.338 e. The fraction of sp³-hybridized carbons (Fsp3) is 0.267. The number of carbonyl (C=O) groups is 4. The van der Waals surface area contributed by atoms with E-state index in [-0.39, 0.29) is 11.1 Å². The zero-order valence-corrected chi connectivity index (χ0v) is 21.8. The van der Waals surface area contributed by atoms with E-state index in [1.807, 2.05) is 0 Å². The predicted octanol–water partition coefficient (Wildman–Crippen LogP) is 3.60. The quantitative estimate of drug-likeness (QED) is 0.289. The molecule has 10 heteroatoms. The molecule has 0 amide bonds. The third kappa shape index (κ3) is 7.10. The molecule has 4 rings (SSSR count). The molecule has 0 saturated carbocycles. The first-order valence-corrected chi connectivity index (χ1v) is 12.5. The van der Waals surface area contributed by atoms with Crippen molar-refractivity contribution in [2.75, 3.05) is 13.7 Å². The van der Waals surface area contributed by atoms with Crippen LogP contribution in [0.25, 0.3) is 0 Å². The van der Waals surface area contributed by atoms with E-state index in [1.165, 1.54) is 14.0 Å². The van der Waals surface area contributed by atoms with Crippen molar-refractivity contribution in [3.8, 4) is 0 Å². The summed E-state index contributed by atoms with van der Waals surface area (Å²) >= 11 is 0. The Balaban J connectivity index is 1.67. The van der Waals surface area contributed by atoms with E-state index in [0.717, 1.165) is 0 Å². The summed E-state index contributed by atoms with van der Waals surface area (Å²) in [6.45, 7) is 0.772. The third-order valence-electron chi connectivity index (χ3n) is 6.02. The highest BCUT2D eigenvalue weighted by Crippen LogP contribution is 2.31. The average Bonchev–Trinajstić information content (AvgIpc) is 2.99. The van der Waals surface area contributed by atoms with Crippen LogP contribution >= 0.6 is 0 Å². The van der Waals surface area contributed by atoms with E-state index in [0.29, 0.717) is 5.56 Å². The SMILES string of the molecule is CO[C@@H]1OC(COC(=O)c2ccccc2)[C@H](OC(=O)c2ccccc2)C(OC(=O)c2ccccc2)C1OC(C)=O. The summed E-state index contributed by atoms with van der Waals surface area (Å²) in [6.07, 6.45) is -6.47. The van der Waals surface area contributed by atoms with Gasteiger partial charge in [0, 0.05) is 14.0 Å². The van der Waals surface area contributed by atoms with Crippen molar-refractivity contribution in [3.05, 3.63) is 108 Å². The highest BCUT2D eigenvalue weighted by atomic mass is 16.7. The molecule has 0 bridgehead atoms. The lowest BCUT2D eigenvalue weighted by Gasteiger charge is -2.43. The molecule has 0 aromatic heterocycles. The number of carbonyl (C=O) groups excluding carboxylic acids is 4. The molecule has 0 aliphatic carbocycles. The first-order chi connectivity index (χ1) is 19.4. The van der Waals surface area contributed by atoms with Gasteiger partial charge in [-0.05, 0) is 36.4 Å². The second-order valence-electron chi connectivity index (χ2n) is 8.79. The molecule has 1 aliphatic rings. The molecular formula is C30H28O10. The van der Waals surface area contributed by atoms with Crippen LogP contribution in [0.1, 0.15) is 38.0 Å². The standard InChI is InChI=1S/C30H28O10/c1-19(31)37-26-25(40-29(34)22-16-10-5-11-17-22)24(39-28(33)21-14-8-4-9-15-21)23(38-30(26)35-2)18-36-27(32)20-12-6-3-7-13-20/h3-17,23-26,30H,18H2,1-2H3/t23?,24-,25?,26?,30+/m0/s1. The van der Waals surface area contributed by atoms with Gasteiger partial charge in [-0.1, -0.05) is 54.6 Å². The predicted molar refractivity (Wildman–Crippen MR) is 139 cm³/mol. The van der Waals surface area contributed by atoms with Gasteiger partial charge in [-0.15, -0.1) is 0 Å². The van der Waals surface area contributed by atoms with Crippen molar-refractivity contribution in [3.63, 3.8) is 0 Å². The highest BCUT2D eigenvalue weighted by molar-refractivity contribution is 5.91. The summed E-state index contributed by atoms with van der Waals surface area (Å²) in [5, 5.41) is 0. The van der Waals surface area contributed by atoms with Crippen molar-refractivity contribution >= 4 is 23.9 Å². The van der Waals surface area contributed by atoms with Gasteiger partial charge in [0.15, 0.2) is 24.6 Å². The molecule has 3 aromatic rings. The van der Waals surface area contributed by atoms with E-state index in [4.69, 9.17) is 28.4 Å². The van der Waals surface area contributed by atoms with Crippen molar-refractivity contribution in [1.29, 1.82) is 0 Å². The topological polar surface area (TPSA) is 124 Å². The summed E-state index contributed by atoms with van der Waals surface area (Å²) in [6, 6.07) is 24.5. The number of hydrogen-bond acceptors (Lipinski definition) is 10. The molecule has 10 nitrogen and oxygen atoms in total. The van der Waals surface area contributed by atoms with Crippen molar-refractivity contribution in [2.24, 2.45) is 0 Å². The Bertz CT molecular complexity index is 1300. The van der Waals surface area contributed by atoms with Crippen LogP contribution in [0, 0.1) is 0 Å². The normalized spacial score (nSPS) is 22.0. The van der Waals surface area contributed by atoms with E-state index < -0.39 is 61.2 Å². The first kappa shape index (κ1) is 28.5. The van der Waals surface area contributed by atoms with Gasteiger partial charge in [-0.3, -0.25) is 4.79 Å². The van der Waals surface area contributed by atoms with Crippen LogP contribution in [0.15, 0.2) is 91.0 Å². The van der Waals surface area contributed by atoms with E-state index in [1.54, 1.807) is 91.0 Å². The summed E-state index contributed by atoms with van der Waals surface area (Å²) < 4.78 is 33.9. The molecule has 40 heavy (non-hydrogen) atoms. The Hall–Kier alpha value is -4.54. The first-order valence-electron chi connectivity index (χ1n) is 12.5. The second-order valence-corrected chi connectivity index (χ2v) is 8.79. The van der Waals surface area contributed by atoms with Crippen LogP contribution in [-0.2, 0) is 33.2 Å². The zero-order chi connectivity index (χ0) is 28.5. The minimum atomic E-state index is -1.39. The molecule has 3 aromatic carbocycles. The number of rotatable bonds is 9. The summed E-state index contributed by atoms with van der Waals surface area (Å²) in [5.41, 5.74) is 0.725. The average molecular weight is 549 g/mol. The van der Waals surface area contributed by atoms with Gasteiger partial charge in [0.1, 0.15) is 12.7 Å². The minimum Gasteiger partial charge on any atom is -0.459 e. The lowest BCUT2D eigenvalue weighted by atomic mass is 9.97. The Morgan fingerprint density at radius 3 is 1.52 bits per heavy atom. The van der Waals surface area contributed by atoms with Gasteiger partial charge in [-0.2, -0.15) is 0 Å². The molecule has 5 atom stereocenters. The maximum Gasteiger partial charge on any atom is 0.338 e. The summed E-state index contributed by atoms with van der Waals surface area (Å²) in [4.78, 5) is 51.0. The fourth-order valence-electron chi connectivity index (χ4n) is 4.14. The van der Waals surface area contributed by atoms with Gasteiger partial charge in [-0.25, -0.2) is 14.4 Å². The zero-order valence-electron chi connectivity index (χ0n) is 21.8. The molecule has 1 saturated heterocycles. The maximum absolute atomic E-state index is 13.1. The lowest BCUT2D eigenvalue weighted by Crippen LogP contribution is -2.62. The van der Waals surface area contributed by atoms with Crippen molar-refractivity contribution < 1.29 is 47.6 Å². The van der Waals surface area contributed by atoms with Gasteiger partial charge in [0.2, 0.25) is 0 Å². The number of hydrogen-bond donors (Lipinski definition) is 0. The Morgan fingerprint density at radius 2 is 1.07 bits per heavy atom. The van der Waals surface area contributed by atoms with Crippen molar-refractivity contribution in [1.82, 2.24) is 0 Å². The van der Waals surface area contributed by atoms with Crippen LogP contribution in [-0.4, -0.2) is 68.3 Å². The largest absolute Gasteiger partial charge is 0.459 e. The molecule has 208 valence electrons. The van der Waals surface area contributed by atoms with Crippen LogP contribution in [0.4, 0.5) is 0 Å². The molecule has 3 unspecified atom stereocenters. The monoisotopic (exact) mass is 548 g/mol. The van der Waals surface area contributed by atoms with Crippen molar-refractivity contribution in [2.45, 2.75) is 37.6 Å². The van der Waals surface area contributed by atoms with Crippen LogP contribution in [0.3, 0.4) is 0 Å². The Kier molecular flexibility index (Phi) is 9.61. The van der Waals surface area contributed by atoms with E-state index in [9.17, 15) is 19.2 Å². The second kappa shape index (κ2) is 13.5. The Morgan fingerprint density at radius 1 is 0.625 bits per heavy atom. The molecule has 1 heterocycles. The molecular weight excluding hydrogens is 520 g/mol. The number of benzene rings is 3. The van der Waals surface area contributed by atoms with E-state index >= 15 is 0 Å². The number of ether oxygens (including phenoxy) is 6. The van der Waals surface area contributed by atoms with Gasteiger partial charge >= 0.3 is 23.9 Å². The van der Waals surface area contributed by atoms with Crippen LogP contribution in [0.2, 0.25) is 0 Å². The molecule has 0 spiro atoms. The maximum atomic E-state index is 13.1. The molecule has 1 aliphatic heterocycles. The van der Waals surface area contributed by atoms with Crippen LogP contribution in [0.5, 0.6) is 0 Å². The molecule has 0 N–H and O–H groups in total. The van der Waals surface area contributed by atoms with Gasteiger partial charge < -0.3 is 28.4 Å². The number of methoxy groups -OCH3 is 1. The molecule has 1 fully saturated rings. The van der Waals surface area contributed by atoms with E-state index in [2.05, 4.69) is 0 Å². The van der Waals surface area contributed by atoms with Gasteiger partial charge in [0.05, 0.1) is 16.7 Å². The summed E-state index contributed by atoms with van der Waals surface area (Å²) in [7, 11) is 1.31. The minimum absolute atomic E-state index is 0.213. The third-order valence-corrected chi connectivity index (χ3v) is 6.02. The summed E-state index contributed by atoms with van der Waals surface area (Å²) in [5.74, 6) is -2.88. The fourth-order valence-corrected chi connectivity index (χ4v) is 4.14. The lowest BCUT2D eigenvalue weighted by molar-refractivity contribution is -0.296. The van der Waals surface area contributed by atoms with Crippen LogP contribution < -0.4 is 0 Å². The Labute approximate surface area is 230 Å². The highest BCUT2D eigenvalue weighted by Gasteiger charge is 2.53. The molecule has 0 radical (unpaired) electrons. The van der Waals surface area contributed by atoms with Gasteiger partial charge in [0.25, 0.3) is 0 Å². The number of esters is 4.